The standard InChI is InChI=1S/C42H38N2O/c1-41(2,3)27-17-19-30-31-20-18-28(42(4,5)6)23-35(31)39-38(34(30)22-27)43-24-36(44-39)26-12-9-11-25(21-26)29-14-10-15-33-32-13-7-8-16-37(32)45-40(29)33/h7-21,23-24,27H,22H2,1-6H3. The summed E-state index contributed by atoms with van der Waals surface area (Å²) in [5.74, 6) is 0.443. The summed E-state index contributed by atoms with van der Waals surface area (Å²) < 4.78 is 6.38. The molecule has 5 aromatic carbocycles. The lowest BCUT2D eigenvalue weighted by Crippen LogP contribution is -2.23. The first-order valence-electron chi connectivity index (χ1n) is 16.0. The number of hydrogen-bond acceptors (Lipinski definition) is 3. The van der Waals surface area contributed by atoms with Crippen molar-refractivity contribution >= 4 is 49.8 Å². The molecule has 0 amide bonds. The van der Waals surface area contributed by atoms with Crippen LogP contribution in [0.15, 0.2) is 102 Å². The Balaban J connectivity index is 1.33. The van der Waals surface area contributed by atoms with E-state index in [2.05, 4.69) is 126 Å². The highest BCUT2D eigenvalue weighted by Crippen LogP contribution is 2.43. The number of hydrogen-bond donors (Lipinski definition) is 0. The molecule has 45 heavy (non-hydrogen) atoms. The predicted octanol–water partition coefficient (Wildman–Crippen LogP) is 11.5. The number of furan rings is 1. The maximum absolute atomic E-state index is 6.38. The van der Waals surface area contributed by atoms with E-state index in [4.69, 9.17) is 14.4 Å². The fraction of sp³-hybridized carbons (Fsp3) is 0.238. The van der Waals surface area contributed by atoms with Crippen LogP contribution < -0.4 is 0 Å². The zero-order valence-electron chi connectivity index (χ0n) is 26.9. The Bertz CT molecular complexity index is 2320. The van der Waals surface area contributed by atoms with Crippen LogP contribution in [0.4, 0.5) is 0 Å². The molecular weight excluding hydrogens is 548 g/mol. The maximum Gasteiger partial charge on any atom is 0.143 e. The van der Waals surface area contributed by atoms with Crippen LogP contribution >= 0.6 is 0 Å². The normalized spacial score (nSPS) is 15.4. The minimum Gasteiger partial charge on any atom is -0.455 e. The van der Waals surface area contributed by atoms with Gasteiger partial charge in [-0.2, -0.15) is 0 Å². The van der Waals surface area contributed by atoms with Crippen molar-refractivity contribution in [3.8, 4) is 22.4 Å². The van der Waals surface area contributed by atoms with Crippen molar-refractivity contribution in [2.45, 2.75) is 53.4 Å². The van der Waals surface area contributed by atoms with Gasteiger partial charge in [0.15, 0.2) is 0 Å². The van der Waals surface area contributed by atoms with Crippen molar-refractivity contribution in [3.05, 3.63) is 114 Å². The van der Waals surface area contributed by atoms with E-state index in [-0.39, 0.29) is 10.8 Å². The molecule has 3 heteroatoms. The van der Waals surface area contributed by atoms with Crippen LogP contribution in [0.2, 0.25) is 0 Å². The molecule has 0 saturated carbocycles. The number of allylic oxidation sites excluding steroid dienone is 1. The highest BCUT2D eigenvalue weighted by molar-refractivity contribution is 6.11. The molecule has 1 aliphatic rings. The molecule has 1 aliphatic carbocycles. The van der Waals surface area contributed by atoms with Gasteiger partial charge in [-0.25, -0.2) is 4.98 Å². The molecule has 0 saturated heterocycles. The zero-order valence-corrected chi connectivity index (χ0v) is 26.9. The molecule has 3 nitrogen and oxygen atoms in total. The monoisotopic (exact) mass is 586 g/mol. The Kier molecular flexibility index (Phi) is 6.09. The molecule has 1 unspecified atom stereocenters. The summed E-state index contributed by atoms with van der Waals surface area (Å²) >= 11 is 0. The first-order chi connectivity index (χ1) is 21.6. The third kappa shape index (κ3) is 4.56. The van der Waals surface area contributed by atoms with E-state index in [1.807, 2.05) is 18.3 Å². The Morgan fingerprint density at radius 1 is 0.711 bits per heavy atom. The third-order valence-corrected chi connectivity index (χ3v) is 9.72. The highest BCUT2D eigenvalue weighted by atomic mass is 16.3. The number of para-hydroxylation sites is 2. The van der Waals surface area contributed by atoms with E-state index in [9.17, 15) is 0 Å². The van der Waals surface area contributed by atoms with Gasteiger partial charge in [0.1, 0.15) is 11.2 Å². The summed E-state index contributed by atoms with van der Waals surface area (Å²) in [7, 11) is 0. The van der Waals surface area contributed by atoms with Gasteiger partial charge < -0.3 is 4.42 Å². The quantitative estimate of drug-likeness (QED) is 0.189. The topological polar surface area (TPSA) is 38.9 Å². The molecule has 1 atom stereocenters. The molecule has 0 N–H and O–H groups in total. The van der Waals surface area contributed by atoms with Crippen LogP contribution in [0.3, 0.4) is 0 Å². The molecule has 0 fully saturated rings. The third-order valence-electron chi connectivity index (χ3n) is 9.72. The lowest BCUT2D eigenvalue weighted by molar-refractivity contribution is 0.291. The Morgan fingerprint density at radius 2 is 1.49 bits per heavy atom. The van der Waals surface area contributed by atoms with Gasteiger partial charge in [0.2, 0.25) is 0 Å². The van der Waals surface area contributed by atoms with Gasteiger partial charge in [-0.15, -0.1) is 0 Å². The molecule has 8 rings (SSSR count). The highest BCUT2D eigenvalue weighted by Gasteiger charge is 2.29. The average Bonchev–Trinajstić information content (AvgIpc) is 3.42. The average molecular weight is 587 g/mol. The van der Waals surface area contributed by atoms with Gasteiger partial charge in [-0.1, -0.05) is 120 Å². The van der Waals surface area contributed by atoms with Crippen molar-refractivity contribution in [2.75, 3.05) is 0 Å². The van der Waals surface area contributed by atoms with Gasteiger partial charge in [-0.05, 0) is 69.0 Å². The number of benzene rings is 5. The van der Waals surface area contributed by atoms with Gasteiger partial charge in [0, 0.05) is 27.3 Å². The van der Waals surface area contributed by atoms with Crippen molar-refractivity contribution in [1.82, 2.24) is 9.97 Å². The minimum atomic E-state index is 0.0284. The summed E-state index contributed by atoms with van der Waals surface area (Å²) in [6, 6.07) is 30.2. The Morgan fingerprint density at radius 3 is 2.31 bits per heavy atom. The van der Waals surface area contributed by atoms with E-state index in [1.54, 1.807) is 0 Å². The van der Waals surface area contributed by atoms with Crippen LogP contribution in [0.1, 0.15) is 58.2 Å². The largest absolute Gasteiger partial charge is 0.455 e. The number of nitrogens with zero attached hydrogens (tertiary/aromatic N) is 2. The van der Waals surface area contributed by atoms with Crippen molar-refractivity contribution in [1.29, 1.82) is 0 Å². The number of aromatic nitrogens is 2. The van der Waals surface area contributed by atoms with Gasteiger partial charge in [0.05, 0.1) is 22.9 Å². The van der Waals surface area contributed by atoms with E-state index in [0.717, 1.165) is 61.8 Å². The molecular formula is C42H38N2O. The zero-order chi connectivity index (χ0) is 31.1. The van der Waals surface area contributed by atoms with Gasteiger partial charge >= 0.3 is 0 Å². The second-order valence-electron chi connectivity index (χ2n) is 14.8. The van der Waals surface area contributed by atoms with Crippen molar-refractivity contribution in [2.24, 2.45) is 11.3 Å². The van der Waals surface area contributed by atoms with Crippen LogP contribution in [0, 0.1) is 11.3 Å². The first kappa shape index (κ1) is 27.8. The first-order valence-corrected chi connectivity index (χ1v) is 16.0. The number of rotatable bonds is 2. The summed E-state index contributed by atoms with van der Waals surface area (Å²) in [5, 5.41) is 4.70. The molecule has 7 aromatic rings. The van der Waals surface area contributed by atoms with Crippen LogP contribution in [-0.4, -0.2) is 9.97 Å². The molecule has 0 spiro atoms. The molecule has 0 bridgehead atoms. The van der Waals surface area contributed by atoms with Crippen molar-refractivity contribution in [3.63, 3.8) is 0 Å². The van der Waals surface area contributed by atoms with E-state index >= 15 is 0 Å². The van der Waals surface area contributed by atoms with E-state index in [1.165, 1.54) is 27.5 Å². The lowest BCUT2D eigenvalue weighted by Gasteiger charge is -2.32. The lowest BCUT2D eigenvalue weighted by atomic mass is 9.73. The second kappa shape index (κ2) is 9.87. The van der Waals surface area contributed by atoms with Crippen LogP contribution in [0.5, 0.6) is 0 Å². The van der Waals surface area contributed by atoms with Crippen LogP contribution in [-0.2, 0) is 11.8 Å². The maximum atomic E-state index is 6.38. The number of fused-ring (bicyclic) bond motifs is 9. The van der Waals surface area contributed by atoms with E-state index in [0.29, 0.717) is 5.92 Å². The summed E-state index contributed by atoms with van der Waals surface area (Å²) in [4.78, 5) is 10.6. The van der Waals surface area contributed by atoms with Crippen molar-refractivity contribution < 1.29 is 4.42 Å². The van der Waals surface area contributed by atoms with Crippen LogP contribution in [0.25, 0.3) is 72.2 Å². The summed E-state index contributed by atoms with van der Waals surface area (Å²) in [5.41, 5.74) is 12.0. The molecule has 2 heterocycles. The molecule has 222 valence electrons. The second-order valence-corrected chi connectivity index (χ2v) is 14.8. The summed E-state index contributed by atoms with van der Waals surface area (Å²) in [6.45, 7) is 13.8. The Hall–Kier alpha value is -4.76. The predicted molar refractivity (Wildman–Crippen MR) is 190 cm³/mol. The van der Waals surface area contributed by atoms with Gasteiger partial charge in [0.25, 0.3) is 0 Å². The molecule has 2 aromatic heterocycles. The Labute approximate surface area is 264 Å². The fourth-order valence-corrected chi connectivity index (χ4v) is 6.98. The molecule has 0 radical (unpaired) electrons. The van der Waals surface area contributed by atoms with Gasteiger partial charge in [-0.3, -0.25) is 4.98 Å². The molecule has 0 aliphatic heterocycles. The smallest absolute Gasteiger partial charge is 0.143 e. The van der Waals surface area contributed by atoms with E-state index < -0.39 is 0 Å². The minimum absolute atomic E-state index is 0.0284. The fourth-order valence-electron chi connectivity index (χ4n) is 6.98. The summed E-state index contributed by atoms with van der Waals surface area (Å²) in [6.07, 6.45) is 7.67. The SMILES string of the molecule is CC(C)(C)c1ccc2c3c(c4ncc(-c5cccc(-c6cccc7c6oc6ccccc67)c5)nc4c2c1)CC(C(C)(C)C)C=C3.